The smallest absolute Gasteiger partial charge is 0.324 e. The summed E-state index contributed by atoms with van der Waals surface area (Å²) in [6.07, 6.45) is 0. The summed E-state index contributed by atoms with van der Waals surface area (Å²) in [6, 6.07) is 0. The van der Waals surface area contributed by atoms with E-state index in [0.717, 1.165) is 0 Å². The lowest BCUT2D eigenvalue weighted by molar-refractivity contribution is 0.165. The standard InChI is InChI=1S/C2H8NO3PS/c1-2-3-6-7(4,5)8/h3H,2H2,1H3,(H2,4,5,8). The third kappa shape index (κ3) is 6.49. The van der Waals surface area contributed by atoms with Gasteiger partial charge in [-0.05, 0) is 11.8 Å². The van der Waals surface area contributed by atoms with Crippen LogP contribution >= 0.6 is 6.72 Å². The molecule has 8 heavy (non-hydrogen) atoms. The van der Waals surface area contributed by atoms with Gasteiger partial charge in [-0.25, -0.2) is 4.62 Å². The van der Waals surface area contributed by atoms with E-state index in [1.807, 2.05) is 0 Å². The molecule has 0 aromatic rings. The fraction of sp³-hybridized carbons (Fsp3) is 1.00. The average Bonchev–Trinajstić information content (AvgIpc) is 1.59. The zero-order chi connectivity index (χ0) is 6.62. The van der Waals surface area contributed by atoms with Gasteiger partial charge >= 0.3 is 6.72 Å². The molecule has 0 rings (SSSR count). The zero-order valence-corrected chi connectivity index (χ0v) is 6.08. The Labute approximate surface area is 52.7 Å². The van der Waals surface area contributed by atoms with E-state index >= 15 is 0 Å². The van der Waals surface area contributed by atoms with E-state index in [-0.39, 0.29) is 0 Å². The lowest BCUT2D eigenvalue weighted by Crippen LogP contribution is -2.10. The maximum atomic E-state index is 8.35. The Bertz CT molecular complexity index is 101. The predicted molar refractivity (Wildman–Crippen MR) is 33.5 cm³/mol. The Morgan fingerprint density at radius 1 is 1.75 bits per heavy atom. The molecule has 4 nitrogen and oxygen atoms in total. The molecule has 0 atom stereocenters. The molecular formula is C2H8NO3PS. The number of rotatable bonds is 3. The van der Waals surface area contributed by atoms with E-state index in [0.29, 0.717) is 6.54 Å². The second-order valence-electron chi connectivity index (χ2n) is 1.08. The Kier molecular flexibility index (Phi) is 3.72. The van der Waals surface area contributed by atoms with Crippen LogP contribution in [0.5, 0.6) is 0 Å². The van der Waals surface area contributed by atoms with Crippen LogP contribution in [0.4, 0.5) is 0 Å². The second-order valence-corrected chi connectivity index (χ2v) is 3.67. The van der Waals surface area contributed by atoms with Crippen LogP contribution in [0.2, 0.25) is 0 Å². The van der Waals surface area contributed by atoms with E-state index in [1.165, 1.54) is 0 Å². The first-order valence-corrected chi connectivity index (χ1v) is 4.66. The molecule has 0 aromatic heterocycles. The molecular weight excluding hydrogens is 149 g/mol. The summed E-state index contributed by atoms with van der Waals surface area (Å²) < 4.78 is 4.17. The number of nitrogens with one attached hydrogen (secondary N) is 1. The topological polar surface area (TPSA) is 61.7 Å². The second kappa shape index (κ2) is 3.50. The van der Waals surface area contributed by atoms with Crippen molar-refractivity contribution in [3.8, 4) is 0 Å². The molecule has 3 N–H and O–H groups in total. The molecule has 0 fully saturated rings. The highest BCUT2D eigenvalue weighted by atomic mass is 32.5. The third-order valence-corrected chi connectivity index (χ3v) is 0.918. The number of hydroxylamine groups is 1. The van der Waals surface area contributed by atoms with Crippen molar-refractivity contribution in [2.45, 2.75) is 6.92 Å². The summed E-state index contributed by atoms with van der Waals surface area (Å²) in [5.41, 5.74) is 2.23. The Hall–Kier alpha value is 0.490. The Balaban J connectivity index is 3.26. The van der Waals surface area contributed by atoms with Gasteiger partial charge in [-0.1, -0.05) is 6.92 Å². The van der Waals surface area contributed by atoms with Gasteiger partial charge in [-0.2, -0.15) is 5.48 Å². The fourth-order valence-corrected chi connectivity index (χ4v) is 0.604. The molecule has 0 amide bonds. The van der Waals surface area contributed by atoms with Gasteiger partial charge in [0.05, 0.1) is 0 Å². The minimum atomic E-state index is -3.46. The largest absolute Gasteiger partial charge is 0.338 e. The maximum absolute atomic E-state index is 8.35. The van der Waals surface area contributed by atoms with Crippen LogP contribution in [0.1, 0.15) is 6.92 Å². The molecule has 0 bridgehead atoms. The lowest BCUT2D eigenvalue weighted by Gasteiger charge is -2.05. The minimum absolute atomic E-state index is 0.500. The molecule has 0 spiro atoms. The molecule has 0 radical (unpaired) electrons. The van der Waals surface area contributed by atoms with Crippen LogP contribution in [-0.2, 0) is 16.4 Å². The number of hydrogen-bond donors (Lipinski definition) is 3. The van der Waals surface area contributed by atoms with Crippen LogP contribution in [0.3, 0.4) is 0 Å². The van der Waals surface area contributed by atoms with Gasteiger partial charge in [0, 0.05) is 6.54 Å². The fourth-order valence-electron chi connectivity index (χ4n) is 0.149. The van der Waals surface area contributed by atoms with E-state index in [9.17, 15) is 0 Å². The summed E-state index contributed by atoms with van der Waals surface area (Å²) in [7, 11) is 0. The molecule has 0 unspecified atom stereocenters. The Morgan fingerprint density at radius 3 is 2.38 bits per heavy atom. The molecule has 0 aliphatic heterocycles. The van der Waals surface area contributed by atoms with Gasteiger partial charge in [-0.3, -0.25) is 0 Å². The van der Waals surface area contributed by atoms with E-state index in [4.69, 9.17) is 9.79 Å². The van der Waals surface area contributed by atoms with E-state index in [2.05, 4.69) is 21.9 Å². The molecule has 6 heteroatoms. The number of hydrogen-bond acceptors (Lipinski definition) is 3. The summed E-state index contributed by atoms with van der Waals surface area (Å²) in [6.45, 7) is -1.21. The first-order valence-electron chi connectivity index (χ1n) is 2.03. The Morgan fingerprint density at radius 2 is 2.25 bits per heavy atom. The van der Waals surface area contributed by atoms with Gasteiger partial charge in [-0.15, -0.1) is 0 Å². The highest BCUT2D eigenvalue weighted by molar-refractivity contribution is 8.06. The first kappa shape index (κ1) is 8.49. The third-order valence-electron chi connectivity index (χ3n) is 0.328. The van der Waals surface area contributed by atoms with Gasteiger partial charge in [0.1, 0.15) is 0 Å². The highest BCUT2D eigenvalue weighted by Crippen LogP contribution is 2.34. The average molecular weight is 157 g/mol. The maximum Gasteiger partial charge on any atom is 0.338 e. The van der Waals surface area contributed by atoms with Crippen molar-refractivity contribution in [1.82, 2.24) is 5.48 Å². The van der Waals surface area contributed by atoms with Gasteiger partial charge in [0.2, 0.25) is 0 Å². The van der Waals surface area contributed by atoms with Crippen LogP contribution in [0, 0.1) is 0 Å². The van der Waals surface area contributed by atoms with Crippen molar-refractivity contribution in [2.24, 2.45) is 0 Å². The van der Waals surface area contributed by atoms with Crippen LogP contribution in [0.15, 0.2) is 0 Å². The van der Waals surface area contributed by atoms with Crippen LogP contribution in [0.25, 0.3) is 0 Å². The minimum Gasteiger partial charge on any atom is -0.324 e. The van der Waals surface area contributed by atoms with Gasteiger partial charge in [0.25, 0.3) is 0 Å². The summed E-state index contributed by atoms with van der Waals surface area (Å²) >= 11 is 4.09. The highest BCUT2D eigenvalue weighted by Gasteiger charge is 2.04. The molecule has 0 saturated carbocycles. The lowest BCUT2D eigenvalue weighted by atomic mass is 10.8. The van der Waals surface area contributed by atoms with Crippen molar-refractivity contribution >= 4 is 18.5 Å². The monoisotopic (exact) mass is 157 g/mol. The summed E-state index contributed by atoms with van der Waals surface area (Å²) in [5.74, 6) is 0. The summed E-state index contributed by atoms with van der Waals surface area (Å²) in [5, 5.41) is 0. The van der Waals surface area contributed by atoms with Crippen LogP contribution < -0.4 is 5.48 Å². The van der Waals surface area contributed by atoms with E-state index in [1.54, 1.807) is 6.92 Å². The molecule has 0 aromatic carbocycles. The predicted octanol–water partition coefficient (Wildman–Crippen LogP) is -0.263. The molecule has 0 aliphatic carbocycles. The normalized spacial score (nSPS) is 11.9. The van der Waals surface area contributed by atoms with Gasteiger partial charge < -0.3 is 9.79 Å². The molecule has 0 heterocycles. The summed E-state index contributed by atoms with van der Waals surface area (Å²) in [4.78, 5) is 16.7. The molecule has 0 aliphatic rings. The van der Waals surface area contributed by atoms with Crippen molar-refractivity contribution in [3.63, 3.8) is 0 Å². The molecule has 50 valence electrons. The van der Waals surface area contributed by atoms with E-state index < -0.39 is 6.72 Å². The first-order chi connectivity index (χ1) is 3.56. The van der Waals surface area contributed by atoms with Crippen molar-refractivity contribution in [1.29, 1.82) is 0 Å². The SMILES string of the molecule is CCNOP(O)(O)=S. The quantitative estimate of drug-likeness (QED) is 0.389. The van der Waals surface area contributed by atoms with Crippen molar-refractivity contribution in [3.05, 3.63) is 0 Å². The van der Waals surface area contributed by atoms with Gasteiger partial charge in [0.15, 0.2) is 0 Å². The van der Waals surface area contributed by atoms with Crippen LogP contribution in [-0.4, -0.2) is 16.3 Å². The van der Waals surface area contributed by atoms with Crippen molar-refractivity contribution in [2.75, 3.05) is 6.54 Å². The molecule has 0 saturated heterocycles. The van der Waals surface area contributed by atoms with Crippen molar-refractivity contribution < 1.29 is 14.4 Å². The zero-order valence-electron chi connectivity index (χ0n) is 4.37.